The van der Waals surface area contributed by atoms with Crippen molar-refractivity contribution in [3.8, 4) is 0 Å². The van der Waals surface area contributed by atoms with Crippen LogP contribution in [0.5, 0.6) is 0 Å². The third kappa shape index (κ3) is 5.62. The van der Waals surface area contributed by atoms with Crippen LogP contribution in [-0.2, 0) is 9.59 Å². The molecule has 0 aromatic heterocycles. The van der Waals surface area contributed by atoms with Gasteiger partial charge < -0.3 is 9.80 Å². The van der Waals surface area contributed by atoms with Gasteiger partial charge in [-0.25, -0.2) is 0 Å². The van der Waals surface area contributed by atoms with Gasteiger partial charge >= 0.3 is 0 Å². The molecule has 0 aliphatic carbocycles. The van der Waals surface area contributed by atoms with E-state index in [1.54, 1.807) is 0 Å². The van der Waals surface area contributed by atoms with Gasteiger partial charge in [-0.1, -0.05) is 39.5 Å². The van der Waals surface area contributed by atoms with Crippen molar-refractivity contribution in [1.82, 2.24) is 9.80 Å². The molecule has 19 heavy (non-hydrogen) atoms. The lowest BCUT2D eigenvalue weighted by atomic mass is 10.2. The number of unbranched alkanes of at least 4 members (excludes halogenated alkanes) is 4. The Kier molecular flexibility index (Phi) is 7.53. The molecule has 0 spiro atoms. The topological polar surface area (TPSA) is 40.6 Å². The van der Waals surface area contributed by atoms with Crippen molar-refractivity contribution >= 4 is 11.8 Å². The van der Waals surface area contributed by atoms with E-state index in [9.17, 15) is 9.59 Å². The molecule has 4 nitrogen and oxygen atoms in total. The summed E-state index contributed by atoms with van der Waals surface area (Å²) >= 11 is 0. The van der Waals surface area contributed by atoms with E-state index in [0.29, 0.717) is 32.6 Å². The summed E-state index contributed by atoms with van der Waals surface area (Å²) in [6.07, 6.45) is 7.69. The molecule has 0 aromatic rings. The summed E-state index contributed by atoms with van der Waals surface area (Å²) in [6.45, 7) is 6.21. The third-order valence-electron chi connectivity index (χ3n) is 3.68. The van der Waals surface area contributed by atoms with Gasteiger partial charge in [-0.05, 0) is 12.8 Å². The highest BCUT2D eigenvalue weighted by Crippen LogP contribution is 2.12. The van der Waals surface area contributed by atoms with Crippen molar-refractivity contribution in [2.75, 3.05) is 19.8 Å². The molecule has 110 valence electrons. The number of carbonyl (C=O) groups is 2. The summed E-state index contributed by atoms with van der Waals surface area (Å²) in [5, 5.41) is 0. The molecule has 1 rings (SSSR count). The molecule has 1 fully saturated rings. The van der Waals surface area contributed by atoms with Crippen molar-refractivity contribution in [3.05, 3.63) is 0 Å². The second-order valence-electron chi connectivity index (χ2n) is 5.37. The zero-order chi connectivity index (χ0) is 14.1. The van der Waals surface area contributed by atoms with E-state index in [4.69, 9.17) is 0 Å². The fourth-order valence-electron chi connectivity index (χ4n) is 2.36. The first-order valence-electron chi connectivity index (χ1n) is 7.74. The van der Waals surface area contributed by atoms with Crippen molar-refractivity contribution in [2.24, 2.45) is 0 Å². The first kappa shape index (κ1) is 16.0. The van der Waals surface area contributed by atoms with Crippen LogP contribution in [0.15, 0.2) is 0 Å². The molecule has 1 aliphatic heterocycles. The SMILES string of the molecule is CCCCCC(=O)N1CCN(C(=O)CCCCC)C1. The van der Waals surface area contributed by atoms with E-state index in [-0.39, 0.29) is 11.8 Å². The summed E-state index contributed by atoms with van der Waals surface area (Å²) in [5.74, 6) is 0.412. The molecule has 0 saturated carbocycles. The highest BCUT2D eigenvalue weighted by molar-refractivity contribution is 5.79. The van der Waals surface area contributed by atoms with Gasteiger partial charge in [0.15, 0.2) is 0 Å². The number of amides is 2. The Hall–Kier alpha value is -1.06. The largest absolute Gasteiger partial charge is 0.323 e. The average Bonchev–Trinajstić information content (AvgIpc) is 2.89. The first-order chi connectivity index (χ1) is 9.19. The molecule has 1 aliphatic rings. The Morgan fingerprint density at radius 2 is 1.21 bits per heavy atom. The van der Waals surface area contributed by atoms with Crippen LogP contribution in [0.25, 0.3) is 0 Å². The van der Waals surface area contributed by atoms with Gasteiger partial charge in [0.1, 0.15) is 0 Å². The molecular weight excluding hydrogens is 240 g/mol. The number of carbonyl (C=O) groups excluding carboxylic acids is 2. The van der Waals surface area contributed by atoms with Crippen molar-refractivity contribution in [3.63, 3.8) is 0 Å². The lowest BCUT2D eigenvalue weighted by Crippen LogP contribution is -2.33. The quantitative estimate of drug-likeness (QED) is 0.635. The zero-order valence-corrected chi connectivity index (χ0v) is 12.5. The molecule has 0 radical (unpaired) electrons. The number of hydrogen-bond donors (Lipinski definition) is 0. The van der Waals surface area contributed by atoms with Crippen LogP contribution in [0.1, 0.15) is 65.2 Å². The molecule has 0 atom stereocenters. The first-order valence-corrected chi connectivity index (χ1v) is 7.74. The highest BCUT2D eigenvalue weighted by Gasteiger charge is 2.26. The van der Waals surface area contributed by atoms with E-state index in [1.165, 1.54) is 0 Å². The van der Waals surface area contributed by atoms with Gasteiger partial charge in [-0.15, -0.1) is 0 Å². The molecule has 4 heteroatoms. The minimum atomic E-state index is 0.206. The number of rotatable bonds is 8. The van der Waals surface area contributed by atoms with E-state index in [0.717, 1.165) is 38.5 Å². The maximum Gasteiger partial charge on any atom is 0.224 e. The van der Waals surface area contributed by atoms with Gasteiger partial charge in [0.25, 0.3) is 0 Å². The van der Waals surface area contributed by atoms with Crippen LogP contribution >= 0.6 is 0 Å². The minimum Gasteiger partial charge on any atom is -0.323 e. The van der Waals surface area contributed by atoms with Gasteiger partial charge in [-0.3, -0.25) is 9.59 Å². The third-order valence-corrected chi connectivity index (χ3v) is 3.68. The van der Waals surface area contributed by atoms with Gasteiger partial charge in [0.2, 0.25) is 11.8 Å². The van der Waals surface area contributed by atoms with Gasteiger partial charge in [0, 0.05) is 25.9 Å². The second-order valence-corrected chi connectivity index (χ2v) is 5.37. The summed E-state index contributed by atoms with van der Waals surface area (Å²) < 4.78 is 0. The number of hydrogen-bond acceptors (Lipinski definition) is 2. The van der Waals surface area contributed by atoms with E-state index < -0.39 is 0 Å². The Morgan fingerprint density at radius 1 is 0.789 bits per heavy atom. The van der Waals surface area contributed by atoms with Crippen LogP contribution in [-0.4, -0.2) is 41.4 Å². The average molecular weight is 268 g/mol. The smallest absolute Gasteiger partial charge is 0.224 e. The highest BCUT2D eigenvalue weighted by atomic mass is 16.2. The van der Waals surface area contributed by atoms with E-state index in [2.05, 4.69) is 13.8 Å². The fraction of sp³-hybridized carbons (Fsp3) is 0.867. The van der Waals surface area contributed by atoms with Crippen molar-refractivity contribution in [1.29, 1.82) is 0 Å². The van der Waals surface area contributed by atoms with Crippen molar-refractivity contribution in [2.45, 2.75) is 65.2 Å². The van der Waals surface area contributed by atoms with Crippen LogP contribution in [0.2, 0.25) is 0 Å². The molecule has 0 aromatic carbocycles. The lowest BCUT2D eigenvalue weighted by Gasteiger charge is -2.18. The van der Waals surface area contributed by atoms with Crippen LogP contribution in [0.4, 0.5) is 0 Å². The maximum absolute atomic E-state index is 11.9. The molecular formula is C15H28N2O2. The van der Waals surface area contributed by atoms with Crippen LogP contribution < -0.4 is 0 Å². The molecule has 2 amide bonds. The number of nitrogens with zero attached hydrogens (tertiary/aromatic N) is 2. The Balaban J connectivity index is 2.24. The monoisotopic (exact) mass is 268 g/mol. The maximum atomic E-state index is 11.9. The van der Waals surface area contributed by atoms with Gasteiger partial charge in [0.05, 0.1) is 6.67 Å². The molecule has 0 unspecified atom stereocenters. The Morgan fingerprint density at radius 3 is 1.58 bits per heavy atom. The Labute approximate surface area is 117 Å². The summed E-state index contributed by atoms with van der Waals surface area (Å²) in [6, 6.07) is 0. The summed E-state index contributed by atoms with van der Waals surface area (Å²) in [4.78, 5) is 27.5. The lowest BCUT2D eigenvalue weighted by molar-refractivity contribution is -0.134. The molecule has 0 bridgehead atoms. The van der Waals surface area contributed by atoms with E-state index in [1.807, 2.05) is 9.80 Å². The van der Waals surface area contributed by atoms with E-state index >= 15 is 0 Å². The predicted molar refractivity (Wildman–Crippen MR) is 76.6 cm³/mol. The second kappa shape index (κ2) is 8.94. The molecule has 0 N–H and O–H groups in total. The zero-order valence-electron chi connectivity index (χ0n) is 12.5. The summed E-state index contributed by atoms with van der Waals surface area (Å²) in [7, 11) is 0. The minimum absolute atomic E-state index is 0.206. The van der Waals surface area contributed by atoms with Gasteiger partial charge in [-0.2, -0.15) is 0 Å². The summed E-state index contributed by atoms with van der Waals surface area (Å²) in [5.41, 5.74) is 0. The standard InChI is InChI=1S/C15H28N2O2/c1-3-5-7-9-14(18)16-11-12-17(13-16)15(19)10-8-6-4-2/h3-13H2,1-2H3. The van der Waals surface area contributed by atoms with Crippen LogP contribution in [0, 0.1) is 0 Å². The fourth-order valence-corrected chi connectivity index (χ4v) is 2.36. The van der Waals surface area contributed by atoms with Crippen molar-refractivity contribution < 1.29 is 9.59 Å². The molecule has 1 heterocycles. The molecule has 1 saturated heterocycles. The van der Waals surface area contributed by atoms with Crippen LogP contribution in [0.3, 0.4) is 0 Å². The normalized spacial score (nSPS) is 15.1. The predicted octanol–water partition coefficient (Wildman–Crippen LogP) is 2.78. The Bertz CT molecular complexity index is 264.